The monoisotopic (exact) mass is 384 g/mol. The van der Waals surface area contributed by atoms with Crippen molar-refractivity contribution in [3.8, 4) is 5.69 Å². The maximum atomic E-state index is 12.8. The second kappa shape index (κ2) is 8.26. The van der Waals surface area contributed by atoms with Crippen molar-refractivity contribution < 1.29 is 14.0 Å². The number of aryl methyl sites for hydroxylation is 2. The SMILES string of the molecule is CCC(Sc1c(=O)o[nH][n+]1-c1ccccc1)C(=O)Nc1cc(C)cc(C)c1. The second-order valence-electron chi connectivity index (χ2n) is 6.34. The number of carbonyl (C=O) groups is 1. The van der Waals surface area contributed by atoms with Crippen molar-refractivity contribution >= 4 is 23.4 Å². The molecule has 2 aromatic carbocycles. The highest BCUT2D eigenvalue weighted by molar-refractivity contribution is 8.00. The number of amides is 1. The Morgan fingerprint density at radius 1 is 1.19 bits per heavy atom. The summed E-state index contributed by atoms with van der Waals surface area (Å²) in [6.45, 7) is 5.89. The third-order valence-corrected chi connectivity index (χ3v) is 5.43. The summed E-state index contributed by atoms with van der Waals surface area (Å²) in [6.07, 6.45) is 0.570. The Bertz CT molecular complexity index is 975. The number of nitrogens with one attached hydrogen (secondary N) is 2. The number of aromatic nitrogens is 2. The van der Waals surface area contributed by atoms with E-state index in [-0.39, 0.29) is 5.91 Å². The summed E-state index contributed by atoms with van der Waals surface area (Å²) in [5, 5.41) is 5.46. The molecular formula is C20H22N3O3S+. The van der Waals surface area contributed by atoms with Crippen molar-refractivity contribution in [2.45, 2.75) is 37.5 Å². The number of anilines is 1. The van der Waals surface area contributed by atoms with Gasteiger partial charge >= 0.3 is 10.7 Å². The number of thioether (sulfide) groups is 1. The molecule has 6 nitrogen and oxygen atoms in total. The summed E-state index contributed by atoms with van der Waals surface area (Å²) in [4.78, 5) is 24.9. The van der Waals surface area contributed by atoms with Gasteiger partial charge < -0.3 is 5.32 Å². The number of para-hydroxylation sites is 1. The zero-order valence-electron chi connectivity index (χ0n) is 15.5. The van der Waals surface area contributed by atoms with Crippen LogP contribution >= 0.6 is 11.8 Å². The lowest BCUT2D eigenvalue weighted by Crippen LogP contribution is -2.37. The molecule has 1 unspecified atom stereocenters. The number of benzene rings is 2. The molecule has 1 aromatic heterocycles. The van der Waals surface area contributed by atoms with Gasteiger partial charge in [-0.15, -0.1) is 0 Å². The topological polar surface area (TPSA) is 79.0 Å². The molecule has 1 amide bonds. The zero-order valence-corrected chi connectivity index (χ0v) is 16.3. The molecule has 0 aliphatic rings. The Labute approximate surface area is 161 Å². The van der Waals surface area contributed by atoms with Gasteiger partial charge in [0, 0.05) is 17.8 Å². The van der Waals surface area contributed by atoms with Gasteiger partial charge in [-0.25, -0.2) is 4.79 Å². The normalized spacial score (nSPS) is 12.0. The van der Waals surface area contributed by atoms with E-state index in [1.54, 1.807) is 4.68 Å². The molecule has 7 heteroatoms. The number of H-pyrrole nitrogens is 1. The minimum absolute atomic E-state index is 0.146. The first-order valence-electron chi connectivity index (χ1n) is 8.72. The molecule has 0 fully saturated rings. The van der Waals surface area contributed by atoms with Gasteiger partial charge in [0.1, 0.15) is 0 Å². The van der Waals surface area contributed by atoms with Crippen LogP contribution in [0, 0.1) is 13.8 Å². The number of nitrogens with zero attached hydrogens (tertiary/aromatic N) is 1. The number of carbonyl (C=O) groups excluding carboxylic acids is 1. The number of hydrogen-bond donors (Lipinski definition) is 2. The Kier molecular flexibility index (Phi) is 5.81. The first kappa shape index (κ1) is 19.0. The van der Waals surface area contributed by atoms with Gasteiger partial charge in [-0.2, -0.15) is 0 Å². The van der Waals surface area contributed by atoms with Crippen LogP contribution in [0.25, 0.3) is 5.69 Å². The summed E-state index contributed by atoms with van der Waals surface area (Å²) in [5.74, 6) is -0.146. The van der Waals surface area contributed by atoms with E-state index in [2.05, 4.69) is 16.7 Å². The predicted molar refractivity (Wildman–Crippen MR) is 105 cm³/mol. The fourth-order valence-corrected chi connectivity index (χ4v) is 3.83. The zero-order chi connectivity index (χ0) is 19.4. The highest BCUT2D eigenvalue weighted by Gasteiger charge is 2.30. The molecule has 0 aliphatic carbocycles. The van der Waals surface area contributed by atoms with Crippen LogP contribution in [0.4, 0.5) is 5.69 Å². The molecule has 140 valence electrons. The quantitative estimate of drug-likeness (QED) is 0.504. The first-order chi connectivity index (χ1) is 13.0. The van der Waals surface area contributed by atoms with Gasteiger partial charge in [0.15, 0.2) is 0 Å². The Morgan fingerprint density at radius 2 is 1.85 bits per heavy atom. The Hall–Kier alpha value is -2.80. The first-order valence-corrected chi connectivity index (χ1v) is 9.60. The molecule has 1 atom stereocenters. The molecular weight excluding hydrogens is 362 g/mol. The van der Waals surface area contributed by atoms with Crippen LogP contribution in [0.15, 0.2) is 62.9 Å². The van der Waals surface area contributed by atoms with Crippen molar-refractivity contribution in [2.75, 3.05) is 5.32 Å². The standard InChI is InChI=1S/C20H21N3O3S/c1-4-17(18(24)21-15-11-13(2)10-14(3)12-15)27-19-20(25)26-22-23(19)16-8-6-5-7-9-16/h5-12,17H,4H2,1-3H3,(H-,21,22,24,25)/p+1. The summed E-state index contributed by atoms with van der Waals surface area (Å²) < 4.78 is 6.51. The minimum atomic E-state index is -0.499. The van der Waals surface area contributed by atoms with Crippen LogP contribution in [0.3, 0.4) is 0 Å². The van der Waals surface area contributed by atoms with Crippen LogP contribution in [0.1, 0.15) is 24.5 Å². The van der Waals surface area contributed by atoms with E-state index in [0.717, 1.165) is 22.5 Å². The molecule has 0 saturated carbocycles. The minimum Gasteiger partial charge on any atom is -0.325 e. The van der Waals surface area contributed by atoms with E-state index in [1.807, 2.05) is 63.2 Å². The molecule has 27 heavy (non-hydrogen) atoms. The third-order valence-electron chi connectivity index (χ3n) is 4.03. The lowest BCUT2D eigenvalue weighted by molar-refractivity contribution is -0.704. The second-order valence-corrected chi connectivity index (χ2v) is 7.53. The fourth-order valence-electron chi connectivity index (χ4n) is 2.84. The Morgan fingerprint density at radius 3 is 2.48 bits per heavy atom. The highest BCUT2D eigenvalue weighted by atomic mass is 32.2. The lowest BCUT2D eigenvalue weighted by atomic mass is 10.1. The summed E-state index contributed by atoms with van der Waals surface area (Å²) in [6, 6.07) is 15.2. The van der Waals surface area contributed by atoms with E-state index >= 15 is 0 Å². The van der Waals surface area contributed by atoms with Crippen LogP contribution in [0.2, 0.25) is 0 Å². The molecule has 1 heterocycles. The molecule has 0 saturated heterocycles. The van der Waals surface area contributed by atoms with Crippen molar-refractivity contribution in [3.63, 3.8) is 0 Å². The number of rotatable bonds is 6. The molecule has 0 spiro atoms. The van der Waals surface area contributed by atoms with Gasteiger partial charge in [-0.1, -0.05) is 31.2 Å². The lowest BCUT2D eigenvalue weighted by Gasteiger charge is -2.13. The van der Waals surface area contributed by atoms with Crippen molar-refractivity contribution in [1.82, 2.24) is 5.27 Å². The van der Waals surface area contributed by atoms with Crippen molar-refractivity contribution in [2.24, 2.45) is 0 Å². The Balaban J connectivity index is 1.82. The van der Waals surface area contributed by atoms with Gasteiger partial charge in [-0.3, -0.25) is 9.32 Å². The van der Waals surface area contributed by atoms with Crippen LogP contribution < -0.4 is 15.6 Å². The molecule has 3 aromatic rings. The fraction of sp³-hybridized carbons (Fsp3) is 0.250. The van der Waals surface area contributed by atoms with Gasteiger partial charge in [-0.05, 0) is 65.2 Å². The van der Waals surface area contributed by atoms with Gasteiger partial charge in [0.25, 0.3) is 0 Å². The largest absolute Gasteiger partial charge is 0.442 e. The molecule has 0 radical (unpaired) electrons. The van der Waals surface area contributed by atoms with Gasteiger partial charge in [0.05, 0.1) is 5.25 Å². The molecule has 0 bridgehead atoms. The van der Waals surface area contributed by atoms with Crippen LogP contribution in [0.5, 0.6) is 0 Å². The van der Waals surface area contributed by atoms with Crippen LogP contribution in [-0.4, -0.2) is 16.4 Å². The number of hydrogen-bond acceptors (Lipinski definition) is 4. The van der Waals surface area contributed by atoms with Crippen LogP contribution in [-0.2, 0) is 4.79 Å². The smallest absolute Gasteiger partial charge is 0.325 e. The molecule has 3 rings (SSSR count). The summed E-state index contributed by atoms with van der Waals surface area (Å²) in [7, 11) is 0. The van der Waals surface area contributed by atoms with E-state index in [4.69, 9.17) is 4.52 Å². The number of aromatic amines is 1. The maximum Gasteiger partial charge on any atom is 0.442 e. The average Bonchev–Trinajstić information content (AvgIpc) is 2.99. The maximum absolute atomic E-state index is 12.8. The van der Waals surface area contributed by atoms with E-state index in [0.29, 0.717) is 11.4 Å². The van der Waals surface area contributed by atoms with Crippen molar-refractivity contribution in [1.29, 1.82) is 0 Å². The molecule has 2 N–H and O–H groups in total. The third kappa shape index (κ3) is 4.49. The van der Waals surface area contributed by atoms with E-state index in [9.17, 15) is 9.59 Å². The summed E-state index contributed by atoms with van der Waals surface area (Å²) in [5.41, 5.74) is 3.18. The average molecular weight is 384 g/mol. The molecule has 0 aliphatic heterocycles. The predicted octanol–water partition coefficient (Wildman–Crippen LogP) is 3.37. The van der Waals surface area contributed by atoms with Crippen molar-refractivity contribution in [3.05, 3.63) is 70.1 Å². The highest BCUT2D eigenvalue weighted by Crippen LogP contribution is 2.23. The van der Waals surface area contributed by atoms with E-state index in [1.165, 1.54) is 11.8 Å². The van der Waals surface area contributed by atoms with Gasteiger partial charge in [0.2, 0.25) is 11.6 Å². The van der Waals surface area contributed by atoms with E-state index < -0.39 is 10.9 Å². The summed E-state index contributed by atoms with van der Waals surface area (Å²) >= 11 is 1.19.